The monoisotopic (exact) mass is 325 g/mol. The molecule has 1 aliphatic heterocycles. The summed E-state index contributed by atoms with van der Waals surface area (Å²) in [6, 6.07) is 1.33. The molecule has 10 heteroatoms. The Morgan fingerprint density at radius 1 is 1.30 bits per heavy atom. The SMILES string of the molecule is CCOC(=O)N1CCN(C(=O)Cn2nc(C)cc2[N+](=O)[O-])CC1. The van der Waals surface area contributed by atoms with Gasteiger partial charge in [0, 0.05) is 26.2 Å². The van der Waals surface area contributed by atoms with Gasteiger partial charge in [-0.2, -0.15) is 0 Å². The van der Waals surface area contributed by atoms with Crippen LogP contribution in [0.5, 0.6) is 0 Å². The molecule has 1 aromatic heterocycles. The lowest BCUT2D eigenvalue weighted by Crippen LogP contribution is -2.51. The second-order valence-corrected chi connectivity index (χ2v) is 5.13. The van der Waals surface area contributed by atoms with Crippen molar-refractivity contribution in [2.45, 2.75) is 20.4 Å². The zero-order valence-electron chi connectivity index (χ0n) is 13.1. The first kappa shape index (κ1) is 16.7. The van der Waals surface area contributed by atoms with E-state index >= 15 is 0 Å². The Hall–Kier alpha value is -2.65. The zero-order valence-corrected chi connectivity index (χ0v) is 13.1. The summed E-state index contributed by atoms with van der Waals surface area (Å²) in [5.41, 5.74) is 0.483. The molecule has 1 fully saturated rings. The number of piperazine rings is 1. The molecule has 2 rings (SSSR count). The van der Waals surface area contributed by atoms with Gasteiger partial charge in [-0.05, 0) is 18.8 Å². The molecule has 10 nitrogen and oxygen atoms in total. The fourth-order valence-corrected chi connectivity index (χ4v) is 2.38. The van der Waals surface area contributed by atoms with Gasteiger partial charge in [0.1, 0.15) is 0 Å². The number of rotatable bonds is 4. The fourth-order valence-electron chi connectivity index (χ4n) is 2.38. The Morgan fingerprint density at radius 2 is 1.91 bits per heavy atom. The minimum Gasteiger partial charge on any atom is -0.450 e. The Labute approximate surface area is 132 Å². The summed E-state index contributed by atoms with van der Waals surface area (Å²) in [7, 11) is 0. The highest BCUT2D eigenvalue weighted by molar-refractivity contribution is 5.76. The van der Waals surface area contributed by atoms with Crippen LogP contribution in [0.15, 0.2) is 6.07 Å². The van der Waals surface area contributed by atoms with Crippen LogP contribution in [0.2, 0.25) is 0 Å². The van der Waals surface area contributed by atoms with E-state index < -0.39 is 11.0 Å². The van der Waals surface area contributed by atoms with Gasteiger partial charge >= 0.3 is 11.9 Å². The topological polar surface area (TPSA) is 111 Å². The van der Waals surface area contributed by atoms with E-state index in [4.69, 9.17) is 4.74 Å². The largest absolute Gasteiger partial charge is 0.450 e. The molecular formula is C13H19N5O5. The number of aromatic nitrogens is 2. The number of carbonyl (C=O) groups is 2. The Kier molecular flexibility index (Phi) is 5.14. The van der Waals surface area contributed by atoms with Crippen molar-refractivity contribution in [1.82, 2.24) is 19.6 Å². The van der Waals surface area contributed by atoms with Gasteiger partial charge in [-0.15, -0.1) is 4.68 Å². The number of aryl methyl sites for hydroxylation is 1. The molecule has 126 valence electrons. The van der Waals surface area contributed by atoms with E-state index in [0.717, 1.165) is 4.68 Å². The summed E-state index contributed by atoms with van der Waals surface area (Å²) in [6.07, 6.45) is -0.391. The van der Waals surface area contributed by atoms with Gasteiger partial charge in [0.2, 0.25) is 0 Å². The van der Waals surface area contributed by atoms with E-state index in [1.165, 1.54) is 11.0 Å². The van der Waals surface area contributed by atoms with E-state index in [9.17, 15) is 19.7 Å². The highest BCUT2D eigenvalue weighted by Gasteiger charge is 2.27. The Bertz CT molecular complexity index is 606. The summed E-state index contributed by atoms with van der Waals surface area (Å²) in [4.78, 5) is 37.3. The van der Waals surface area contributed by atoms with E-state index in [1.54, 1.807) is 18.7 Å². The molecule has 0 saturated carbocycles. The predicted molar refractivity (Wildman–Crippen MR) is 78.8 cm³/mol. The quantitative estimate of drug-likeness (QED) is 0.585. The second-order valence-electron chi connectivity index (χ2n) is 5.13. The number of carbonyl (C=O) groups excluding carboxylic acids is 2. The average molecular weight is 325 g/mol. The predicted octanol–water partition coefficient (Wildman–Crippen LogP) is 0.400. The van der Waals surface area contributed by atoms with Crippen molar-refractivity contribution in [3.05, 3.63) is 21.9 Å². The summed E-state index contributed by atoms with van der Waals surface area (Å²) >= 11 is 0. The van der Waals surface area contributed by atoms with Crippen LogP contribution >= 0.6 is 0 Å². The highest BCUT2D eigenvalue weighted by atomic mass is 16.6. The lowest BCUT2D eigenvalue weighted by atomic mass is 10.3. The van der Waals surface area contributed by atoms with Crippen LogP contribution in [0.3, 0.4) is 0 Å². The summed E-state index contributed by atoms with van der Waals surface area (Å²) in [5, 5.41) is 14.9. The third-order valence-corrected chi connectivity index (χ3v) is 3.51. The highest BCUT2D eigenvalue weighted by Crippen LogP contribution is 2.14. The third-order valence-electron chi connectivity index (χ3n) is 3.51. The molecule has 0 unspecified atom stereocenters. The molecule has 2 amide bonds. The number of nitro groups is 1. The molecular weight excluding hydrogens is 306 g/mol. The van der Waals surface area contributed by atoms with E-state index in [0.29, 0.717) is 38.5 Å². The molecule has 0 aromatic carbocycles. The molecule has 0 radical (unpaired) electrons. The van der Waals surface area contributed by atoms with Crippen molar-refractivity contribution >= 4 is 17.8 Å². The molecule has 0 aliphatic carbocycles. The first-order chi connectivity index (χ1) is 10.9. The maximum Gasteiger partial charge on any atom is 0.409 e. The van der Waals surface area contributed by atoms with E-state index in [1.807, 2.05) is 0 Å². The third kappa shape index (κ3) is 3.96. The molecule has 23 heavy (non-hydrogen) atoms. The van der Waals surface area contributed by atoms with Gasteiger partial charge in [-0.3, -0.25) is 4.79 Å². The van der Waals surface area contributed by atoms with Gasteiger partial charge in [-0.1, -0.05) is 5.10 Å². The zero-order chi connectivity index (χ0) is 17.0. The smallest absolute Gasteiger partial charge is 0.409 e. The molecule has 0 atom stereocenters. The molecule has 0 N–H and O–H groups in total. The minimum absolute atomic E-state index is 0.191. The first-order valence-electron chi connectivity index (χ1n) is 7.30. The molecule has 1 aliphatic rings. The minimum atomic E-state index is -0.564. The van der Waals surface area contributed by atoms with Gasteiger partial charge in [0.15, 0.2) is 6.54 Å². The summed E-state index contributed by atoms with van der Waals surface area (Å²) in [6.45, 7) is 4.97. The van der Waals surface area contributed by atoms with Crippen molar-refractivity contribution in [2.24, 2.45) is 0 Å². The van der Waals surface area contributed by atoms with Crippen LogP contribution in [0, 0.1) is 17.0 Å². The fraction of sp³-hybridized carbons (Fsp3) is 0.615. The lowest BCUT2D eigenvalue weighted by Gasteiger charge is -2.33. The first-order valence-corrected chi connectivity index (χ1v) is 7.30. The van der Waals surface area contributed by atoms with Crippen molar-refractivity contribution in [3.8, 4) is 0 Å². The Morgan fingerprint density at radius 3 is 2.48 bits per heavy atom. The summed E-state index contributed by atoms with van der Waals surface area (Å²) in [5.74, 6) is -0.472. The number of ether oxygens (including phenoxy) is 1. The van der Waals surface area contributed by atoms with E-state index in [2.05, 4.69) is 5.10 Å². The van der Waals surface area contributed by atoms with Gasteiger partial charge in [-0.25, -0.2) is 4.79 Å². The maximum atomic E-state index is 12.3. The van der Waals surface area contributed by atoms with Crippen LogP contribution in [0.4, 0.5) is 10.6 Å². The van der Waals surface area contributed by atoms with Crippen molar-refractivity contribution in [1.29, 1.82) is 0 Å². The normalized spacial score (nSPS) is 14.7. The van der Waals surface area contributed by atoms with Crippen molar-refractivity contribution in [3.63, 3.8) is 0 Å². The van der Waals surface area contributed by atoms with Crippen LogP contribution in [0.25, 0.3) is 0 Å². The number of amides is 2. The lowest BCUT2D eigenvalue weighted by molar-refractivity contribution is -0.392. The number of nitrogens with zero attached hydrogens (tertiary/aromatic N) is 5. The Balaban J connectivity index is 1.93. The number of hydrogen-bond donors (Lipinski definition) is 0. The van der Waals surface area contributed by atoms with Gasteiger partial charge < -0.3 is 24.7 Å². The average Bonchev–Trinajstić information content (AvgIpc) is 2.88. The van der Waals surface area contributed by atoms with Gasteiger partial charge in [0.25, 0.3) is 5.91 Å². The van der Waals surface area contributed by atoms with E-state index in [-0.39, 0.29) is 18.3 Å². The van der Waals surface area contributed by atoms with Crippen LogP contribution in [0.1, 0.15) is 12.6 Å². The maximum absolute atomic E-state index is 12.3. The molecule has 2 heterocycles. The molecule has 0 spiro atoms. The number of hydrogen-bond acceptors (Lipinski definition) is 6. The standard InChI is InChI=1S/C13H19N5O5/c1-3-23-13(20)16-6-4-15(5-7-16)12(19)9-17-11(18(21)22)8-10(2)14-17/h8H,3-7,9H2,1-2H3. The molecule has 1 aromatic rings. The second kappa shape index (κ2) is 7.07. The van der Waals surface area contributed by atoms with Crippen LogP contribution < -0.4 is 0 Å². The van der Waals surface area contributed by atoms with Crippen molar-refractivity contribution in [2.75, 3.05) is 32.8 Å². The van der Waals surface area contributed by atoms with Crippen LogP contribution in [-0.4, -0.2) is 69.3 Å². The molecule has 1 saturated heterocycles. The molecule has 0 bridgehead atoms. The summed E-state index contributed by atoms with van der Waals surface area (Å²) < 4.78 is 6.00. The van der Waals surface area contributed by atoms with Crippen LogP contribution in [-0.2, 0) is 16.1 Å². The van der Waals surface area contributed by atoms with Gasteiger partial charge in [0.05, 0.1) is 18.4 Å². The van der Waals surface area contributed by atoms with Crippen molar-refractivity contribution < 1.29 is 19.2 Å².